The summed E-state index contributed by atoms with van der Waals surface area (Å²) in [6.07, 6.45) is -2.17. The zero-order chi connectivity index (χ0) is 27.4. The van der Waals surface area contributed by atoms with Gasteiger partial charge in [-0.1, -0.05) is 18.7 Å². The maximum absolute atomic E-state index is 13.5. The maximum Gasteiger partial charge on any atom is 0.416 e. The van der Waals surface area contributed by atoms with Crippen LogP contribution in [0, 0.1) is 0 Å². The van der Waals surface area contributed by atoms with E-state index in [4.69, 9.17) is 9.84 Å². The first kappa shape index (κ1) is 27.1. The molecule has 3 heterocycles. The molecule has 0 unspecified atom stereocenters. The van der Waals surface area contributed by atoms with Gasteiger partial charge in [0.2, 0.25) is 0 Å². The number of aliphatic hydroxyl groups excluding tert-OH is 2. The lowest BCUT2D eigenvalue weighted by Crippen LogP contribution is -2.51. The standard InChI is InChI=1S/C26H28F3N5O4/c1-3-30-23(11-16(2)38-15-20(36)14-35)32-25(37)34-19-9-10-33(13-19)22-8-7-21(31-24(22)34)17-5-4-6-18(12-17)26(27,28)29/h3-8,11-12,19-20,35-36H,1,9-10,13-15H2,2H3,(H,30,32,37)/b16-11+/t19-,20-/m0/s1. The number of carbonyl (C=O) groups is 1. The van der Waals surface area contributed by atoms with E-state index in [0.717, 1.165) is 12.1 Å². The van der Waals surface area contributed by atoms with Crippen molar-refractivity contribution in [3.63, 3.8) is 0 Å². The van der Waals surface area contributed by atoms with Gasteiger partial charge < -0.3 is 19.8 Å². The van der Waals surface area contributed by atoms with Gasteiger partial charge >= 0.3 is 12.2 Å². The molecule has 0 spiro atoms. The topological polar surface area (TPSA) is 111 Å². The van der Waals surface area contributed by atoms with Crippen molar-refractivity contribution in [2.45, 2.75) is 31.7 Å². The molecule has 1 fully saturated rings. The molecule has 2 atom stereocenters. The number of fused-ring (bicyclic) bond motifs is 4. The molecule has 1 aromatic carbocycles. The summed E-state index contributed by atoms with van der Waals surface area (Å²) in [6, 6.07) is 7.60. The average Bonchev–Trinajstić information content (AvgIpc) is 3.30. The van der Waals surface area contributed by atoms with Crippen LogP contribution < -0.4 is 15.1 Å². The van der Waals surface area contributed by atoms with Crippen LogP contribution in [0.15, 0.2) is 66.0 Å². The Morgan fingerprint density at radius 1 is 1.37 bits per heavy atom. The van der Waals surface area contributed by atoms with Crippen LogP contribution in [0.25, 0.3) is 11.3 Å². The lowest BCUT2D eigenvalue weighted by atomic mass is 10.1. The number of amidine groups is 1. The zero-order valence-corrected chi connectivity index (χ0v) is 20.6. The number of pyridine rings is 1. The molecule has 2 aliphatic rings. The maximum atomic E-state index is 13.5. The molecule has 2 amide bonds. The molecule has 9 nitrogen and oxygen atoms in total. The molecule has 2 bridgehead atoms. The van der Waals surface area contributed by atoms with Crippen LogP contribution >= 0.6 is 0 Å². The zero-order valence-electron chi connectivity index (χ0n) is 20.6. The number of nitrogens with one attached hydrogen (secondary N) is 1. The van der Waals surface area contributed by atoms with E-state index >= 15 is 0 Å². The number of hydrogen-bond acceptors (Lipinski definition) is 7. The van der Waals surface area contributed by atoms with Crippen molar-refractivity contribution in [3.05, 3.63) is 66.6 Å². The third kappa shape index (κ3) is 5.97. The van der Waals surface area contributed by atoms with Gasteiger partial charge in [0, 0.05) is 30.9 Å². The number of amides is 2. The Bertz CT molecular complexity index is 1260. The number of halogens is 3. The number of aliphatic hydroxyl groups is 2. The van der Waals surface area contributed by atoms with Gasteiger partial charge in [0.1, 0.15) is 18.5 Å². The van der Waals surface area contributed by atoms with Gasteiger partial charge in [-0.3, -0.25) is 10.2 Å². The minimum atomic E-state index is -4.49. The number of nitrogens with zero attached hydrogens (tertiary/aromatic N) is 4. The number of aromatic nitrogens is 1. The monoisotopic (exact) mass is 531 g/mol. The number of allylic oxidation sites excluding steroid dienone is 1. The Kier molecular flexibility index (Phi) is 8.02. The van der Waals surface area contributed by atoms with E-state index in [2.05, 4.69) is 26.8 Å². The van der Waals surface area contributed by atoms with Crippen LogP contribution in [-0.4, -0.2) is 65.5 Å². The summed E-state index contributed by atoms with van der Waals surface area (Å²) < 4.78 is 45.2. The number of aliphatic imine (C=N–C) groups is 1. The van der Waals surface area contributed by atoms with E-state index in [1.807, 2.05) is 0 Å². The molecule has 1 aromatic heterocycles. The Labute approximate surface area is 217 Å². The van der Waals surface area contributed by atoms with Crippen LogP contribution in [-0.2, 0) is 10.9 Å². The summed E-state index contributed by atoms with van der Waals surface area (Å²) in [4.78, 5) is 25.8. The molecule has 4 rings (SSSR count). The third-order valence-corrected chi connectivity index (χ3v) is 6.18. The fourth-order valence-electron chi connectivity index (χ4n) is 4.38. The van der Waals surface area contributed by atoms with Crippen LogP contribution in [0.5, 0.6) is 0 Å². The highest BCUT2D eigenvalue weighted by Crippen LogP contribution is 2.40. The summed E-state index contributed by atoms with van der Waals surface area (Å²) >= 11 is 0. The quantitative estimate of drug-likeness (QED) is 0.286. The predicted molar refractivity (Wildman–Crippen MR) is 137 cm³/mol. The first-order valence-corrected chi connectivity index (χ1v) is 11.9. The van der Waals surface area contributed by atoms with Crippen LogP contribution in [0.3, 0.4) is 0 Å². The van der Waals surface area contributed by atoms with E-state index in [-0.39, 0.29) is 24.0 Å². The van der Waals surface area contributed by atoms with Crippen molar-refractivity contribution in [3.8, 4) is 11.3 Å². The Morgan fingerprint density at radius 2 is 2.16 bits per heavy atom. The lowest BCUT2D eigenvalue weighted by molar-refractivity contribution is -0.137. The van der Waals surface area contributed by atoms with Gasteiger partial charge in [-0.05, 0) is 37.6 Å². The lowest BCUT2D eigenvalue weighted by Gasteiger charge is -2.36. The second kappa shape index (κ2) is 11.2. The number of urea groups is 1. The van der Waals surface area contributed by atoms with Gasteiger partial charge in [-0.2, -0.15) is 13.2 Å². The number of benzene rings is 1. The number of anilines is 2. The van der Waals surface area contributed by atoms with Crippen LogP contribution in [0.1, 0.15) is 18.9 Å². The minimum absolute atomic E-state index is 0.122. The molecule has 202 valence electrons. The molecule has 38 heavy (non-hydrogen) atoms. The van der Waals surface area contributed by atoms with E-state index in [0.29, 0.717) is 42.5 Å². The Balaban J connectivity index is 1.63. The highest BCUT2D eigenvalue weighted by molar-refractivity contribution is 6.10. The van der Waals surface area contributed by atoms with E-state index in [9.17, 15) is 23.1 Å². The van der Waals surface area contributed by atoms with Crippen molar-refractivity contribution in [1.29, 1.82) is 0 Å². The fourth-order valence-corrected chi connectivity index (χ4v) is 4.38. The highest BCUT2D eigenvalue weighted by atomic mass is 19.4. The minimum Gasteiger partial charge on any atom is -0.495 e. The molecular weight excluding hydrogens is 503 g/mol. The van der Waals surface area contributed by atoms with Gasteiger partial charge in [0.15, 0.2) is 5.82 Å². The molecule has 2 aliphatic heterocycles. The number of alkyl halides is 3. The second-order valence-electron chi connectivity index (χ2n) is 8.91. The normalized spacial score (nSPS) is 18.2. The summed E-state index contributed by atoms with van der Waals surface area (Å²) in [5.41, 5.74) is 0.515. The molecule has 0 aliphatic carbocycles. The summed E-state index contributed by atoms with van der Waals surface area (Å²) in [7, 11) is 0. The first-order chi connectivity index (χ1) is 18.1. The van der Waals surface area contributed by atoms with Gasteiger partial charge in [-0.25, -0.2) is 14.8 Å². The fraction of sp³-hybridized carbons (Fsp3) is 0.346. The number of ether oxygens (including phenoxy) is 1. The predicted octanol–water partition coefficient (Wildman–Crippen LogP) is 3.69. The van der Waals surface area contributed by atoms with Crippen molar-refractivity contribution < 1.29 is 32.9 Å². The van der Waals surface area contributed by atoms with E-state index in [1.54, 1.807) is 25.1 Å². The van der Waals surface area contributed by atoms with Gasteiger partial charge in [-0.15, -0.1) is 0 Å². The Hall–Kier alpha value is -3.90. The second-order valence-corrected chi connectivity index (χ2v) is 8.91. The van der Waals surface area contributed by atoms with Crippen LogP contribution in [0.2, 0.25) is 0 Å². The van der Waals surface area contributed by atoms with Crippen LogP contribution in [0.4, 0.5) is 29.5 Å². The first-order valence-electron chi connectivity index (χ1n) is 11.9. The van der Waals surface area contributed by atoms with E-state index < -0.39 is 30.5 Å². The van der Waals surface area contributed by atoms with Crippen molar-refractivity contribution in [1.82, 2.24) is 10.3 Å². The third-order valence-electron chi connectivity index (χ3n) is 6.18. The smallest absolute Gasteiger partial charge is 0.416 e. The molecule has 2 aromatic rings. The largest absolute Gasteiger partial charge is 0.495 e. The summed E-state index contributed by atoms with van der Waals surface area (Å²) in [5.74, 6) is 0.790. The van der Waals surface area contributed by atoms with Crippen molar-refractivity contribution in [2.24, 2.45) is 4.99 Å². The summed E-state index contributed by atoms with van der Waals surface area (Å²) in [5, 5.41) is 21.1. The molecule has 1 saturated heterocycles. The van der Waals surface area contributed by atoms with Gasteiger partial charge in [0.25, 0.3) is 0 Å². The van der Waals surface area contributed by atoms with Crippen molar-refractivity contribution >= 4 is 23.4 Å². The molecule has 0 radical (unpaired) electrons. The average molecular weight is 532 g/mol. The molecule has 12 heteroatoms. The molecule has 3 N–H and O–H groups in total. The Morgan fingerprint density at radius 3 is 2.87 bits per heavy atom. The SMILES string of the molecule is C=CN=C(/C=C(\C)OC[C@@H](O)CO)NC(=O)N1c2nc(-c3cccc(C(F)(F)F)c3)ccc2N2CC[C@H]1C2. The number of carbonyl (C=O) groups excluding carboxylic acids is 1. The highest BCUT2D eigenvalue weighted by Gasteiger charge is 2.40. The van der Waals surface area contributed by atoms with Crippen molar-refractivity contribution in [2.75, 3.05) is 36.1 Å². The van der Waals surface area contributed by atoms with Gasteiger partial charge in [0.05, 0.1) is 35.4 Å². The number of hydrogen-bond donors (Lipinski definition) is 3. The summed E-state index contributed by atoms with van der Waals surface area (Å²) in [6.45, 7) is 5.86. The number of rotatable bonds is 7. The molecular formula is C26H28F3N5O4. The molecule has 0 saturated carbocycles. The van der Waals surface area contributed by atoms with E-state index in [1.165, 1.54) is 23.2 Å².